The summed E-state index contributed by atoms with van der Waals surface area (Å²) in [6, 6.07) is 24.6. The van der Waals surface area contributed by atoms with E-state index in [4.69, 9.17) is 4.74 Å². The minimum Gasteiger partial charge on any atom is -0.448 e. The van der Waals surface area contributed by atoms with Gasteiger partial charge in [-0.05, 0) is 41.3 Å². The van der Waals surface area contributed by atoms with E-state index in [1.807, 2.05) is 60.7 Å². The van der Waals surface area contributed by atoms with Crippen LogP contribution in [0.4, 0.5) is 5.69 Å². The molecule has 11 heteroatoms. The SMILES string of the molecule is CC(=O)SCC1=C(C(=O)OC(c2ccccc2)c2ccccc2)N2C(=O)[C@](C)(N=Cc3ccc([N+](=O)[O-])cc3)[C@H]2SC1. The summed E-state index contributed by atoms with van der Waals surface area (Å²) in [7, 11) is 0. The van der Waals surface area contributed by atoms with E-state index in [2.05, 4.69) is 4.99 Å². The van der Waals surface area contributed by atoms with Crippen LogP contribution in [0.1, 0.15) is 36.6 Å². The molecule has 0 radical (unpaired) electrons. The molecular formula is C31H27N3O6S2. The molecule has 0 N–H and O–H groups in total. The number of rotatable bonds is 9. The number of esters is 1. The molecule has 1 fully saturated rings. The zero-order valence-electron chi connectivity index (χ0n) is 22.8. The number of carbonyl (C=O) groups excluding carboxylic acids is 3. The molecule has 0 saturated carbocycles. The zero-order chi connectivity index (χ0) is 29.9. The van der Waals surface area contributed by atoms with Gasteiger partial charge in [0.15, 0.2) is 16.8 Å². The molecule has 2 heterocycles. The van der Waals surface area contributed by atoms with Crippen LogP contribution in [0.15, 0.2) is 101 Å². The van der Waals surface area contributed by atoms with E-state index in [-0.39, 0.29) is 28.2 Å². The van der Waals surface area contributed by atoms with Gasteiger partial charge >= 0.3 is 5.97 Å². The van der Waals surface area contributed by atoms with Gasteiger partial charge in [-0.1, -0.05) is 72.4 Å². The van der Waals surface area contributed by atoms with Crippen molar-refractivity contribution in [2.75, 3.05) is 11.5 Å². The number of nitro groups is 1. The molecule has 214 valence electrons. The van der Waals surface area contributed by atoms with Gasteiger partial charge < -0.3 is 4.74 Å². The molecule has 3 aromatic carbocycles. The van der Waals surface area contributed by atoms with Crippen molar-refractivity contribution in [1.82, 2.24) is 4.90 Å². The summed E-state index contributed by atoms with van der Waals surface area (Å²) in [6.45, 7) is 3.17. The lowest BCUT2D eigenvalue weighted by Crippen LogP contribution is -2.71. The Morgan fingerprint density at radius 2 is 1.69 bits per heavy atom. The molecular weight excluding hydrogens is 574 g/mol. The molecule has 5 rings (SSSR count). The highest BCUT2D eigenvalue weighted by Gasteiger charge is 2.62. The van der Waals surface area contributed by atoms with Crippen LogP contribution in [-0.4, -0.2) is 55.4 Å². The number of nitrogens with zero attached hydrogens (tertiary/aromatic N) is 3. The summed E-state index contributed by atoms with van der Waals surface area (Å²) in [5.41, 5.74) is 1.78. The lowest BCUT2D eigenvalue weighted by atomic mass is 9.89. The molecule has 0 spiro atoms. The predicted octanol–water partition coefficient (Wildman–Crippen LogP) is 5.55. The Labute approximate surface area is 251 Å². The fourth-order valence-electron chi connectivity index (χ4n) is 4.81. The average Bonchev–Trinajstić information content (AvgIpc) is 3.01. The number of thioether (sulfide) groups is 2. The second-order valence-electron chi connectivity index (χ2n) is 9.93. The highest BCUT2D eigenvalue weighted by molar-refractivity contribution is 8.13. The molecule has 1 amide bonds. The van der Waals surface area contributed by atoms with Crippen molar-refractivity contribution in [3.05, 3.63) is 123 Å². The third-order valence-corrected chi connectivity index (χ3v) is 9.42. The Hall–Kier alpha value is -4.22. The number of hydrogen-bond donors (Lipinski definition) is 0. The van der Waals surface area contributed by atoms with Gasteiger partial charge in [-0.2, -0.15) is 0 Å². The lowest BCUT2D eigenvalue weighted by Gasteiger charge is -2.54. The number of ether oxygens (including phenoxy) is 1. The van der Waals surface area contributed by atoms with E-state index >= 15 is 0 Å². The molecule has 3 aromatic rings. The van der Waals surface area contributed by atoms with E-state index in [1.54, 1.807) is 19.1 Å². The number of benzene rings is 3. The quantitative estimate of drug-likeness (QED) is 0.103. The molecule has 2 atom stereocenters. The van der Waals surface area contributed by atoms with Gasteiger partial charge in [0.05, 0.1) is 4.92 Å². The number of β-lactam (4-membered cyclic amide) rings is 1. The number of fused-ring (bicyclic) bond motifs is 1. The maximum Gasteiger partial charge on any atom is 0.356 e. The van der Waals surface area contributed by atoms with Crippen molar-refractivity contribution in [3.8, 4) is 0 Å². The number of nitro benzene ring substituents is 1. The molecule has 1 saturated heterocycles. The van der Waals surface area contributed by atoms with Crippen LogP contribution in [0.2, 0.25) is 0 Å². The summed E-state index contributed by atoms with van der Waals surface area (Å²) in [5.74, 6) is -0.339. The first-order valence-corrected chi connectivity index (χ1v) is 15.1. The second-order valence-corrected chi connectivity index (χ2v) is 12.2. The molecule has 2 aliphatic heterocycles. The van der Waals surface area contributed by atoms with Crippen LogP contribution >= 0.6 is 23.5 Å². The Kier molecular flexibility index (Phi) is 8.60. The summed E-state index contributed by atoms with van der Waals surface area (Å²) in [5, 5.41) is 10.4. The number of hydrogen-bond acceptors (Lipinski definition) is 9. The van der Waals surface area contributed by atoms with Crippen molar-refractivity contribution < 1.29 is 24.0 Å². The van der Waals surface area contributed by atoms with Crippen LogP contribution in [0.3, 0.4) is 0 Å². The molecule has 0 aromatic heterocycles. The van der Waals surface area contributed by atoms with Crippen molar-refractivity contribution in [1.29, 1.82) is 0 Å². The maximum absolute atomic E-state index is 14.0. The number of aliphatic imine (C=N–C) groups is 1. The van der Waals surface area contributed by atoms with E-state index in [0.717, 1.165) is 22.9 Å². The minimum absolute atomic E-state index is 0.0411. The number of non-ortho nitro benzene ring substituents is 1. The van der Waals surface area contributed by atoms with Gasteiger partial charge in [-0.25, -0.2) is 4.79 Å². The fourth-order valence-corrected chi connectivity index (χ4v) is 6.99. The van der Waals surface area contributed by atoms with Crippen LogP contribution < -0.4 is 0 Å². The first kappa shape index (κ1) is 29.3. The van der Waals surface area contributed by atoms with Gasteiger partial charge in [-0.3, -0.25) is 29.6 Å². The van der Waals surface area contributed by atoms with Crippen molar-refractivity contribution in [2.45, 2.75) is 30.9 Å². The minimum atomic E-state index is -1.16. The summed E-state index contributed by atoms with van der Waals surface area (Å²) in [4.78, 5) is 55.9. The molecule has 0 unspecified atom stereocenters. The normalized spacial score (nSPS) is 19.9. The Balaban J connectivity index is 1.45. The predicted molar refractivity (Wildman–Crippen MR) is 163 cm³/mol. The lowest BCUT2D eigenvalue weighted by molar-refractivity contribution is -0.384. The second kappa shape index (κ2) is 12.3. The van der Waals surface area contributed by atoms with Gasteiger partial charge in [-0.15, -0.1) is 11.8 Å². The van der Waals surface area contributed by atoms with Crippen molar-refractivity contribution in [3.63, 3.8) is 0 Å². The monoisotopic (exact) mass is 601 g/mol. The first-order valence-electron chi connectivity index (χ1n) is 13.1. The Bertz CT molecular complexity index is 1540. The molecule has 0 bridgehead atoms. The van der Waals surface area contributed by atoms with Crippen LogP contribution in [0, 0.1) is 10.1 Å². The van der Waals surface area contributed by atoms with E-state index in [0.29, 0.717) is 16.9 Å². The van der Waals surface area contributed by atoms with Gasteiger partial charge in [0.2, 0.25) is 0 Å². The van der Waals surface area contributed by atoms with E-state index in [1.165, 1.54) is 41.9 Å². The van der Waals surface area contributed by atoms with Crippen molar-refractivity contribution in [2.24, 2.45) is 4.99 Å². The molecule has 2 aliphatic rings. The smallest absolute Gasteiger partial charge is 0.356 e. The van der Waals surface area contributed by atoms with Crippen molar-refractivity contribution >= 4 is 52.4 Å². The van der Waals surface area contributed by atoms with Gasteiger partial charge in [0, 0.05) is 36.8 Å². The van der Waals surface area contributed by atoms with Gasteiger partial charge in [0.1, 0.15) is 11.1 Å². The fraction of sp³-hybridized carbons (Fsp3) is 0.226. The Morgan fingerprint density at radius 3 is 2.24 bits per heavy atom. The van der Waals surface area contributed by atoms with Crippen LogP contribution in [0.5, 0.6) is 0 Å². The third-order valence-electron chi connectivity index (χ3n) is 7.02. The molecule has 9 nitrogen and oxygen atoms in total. The van der Waals surface area contributed by atoms with Gasteiger partial charge in [0.25, 0.3) is 11.6 Å². The number of carbonyl (C=O) groups is 3. The van der Waals surface area contributed by atoms with Crippen LogP contribution in [0.25, 0.3) is 0 Å². The maximum atomic E-state index is 14.0. The molecule has 0 aliphatic carbocycles. The third kappa shape index (κ3) is 5.88. The summed E-state index contributed by atoms with van der Waals surface area (Å²) in [6.07, 6.45) is 0.813. The highest BCUT2D eigenvalue weighted by Crippen LogP contribution is 2.49. The standard InChI is InChI=1S/C31H27N3O6S2/c1-20(35)41-18-24-19-42-30-31(2,32-17-21-13-15-25(16-14-21)34(38)39)29(37)33(30)26(24)28(36)40-27(22-9-5-3-6-10-22)23-11-7-4-8-12-23/h3-17,27,30H,18-19H2,1-2H3/t30-,31+/m1/s1. The molecule has 42 heavy (non-hydrogen) atoms. The zero-order valence-corrected chi connectivity index (χ0v) is 24.5. The van der Waals surface area contributed by atoms with E-state index in [9.17, 15) is 24.5 Å². The summed E-state index contributed by atoms with van der Waals surface area (Å²) < 4.78 is 6.14. The van der Waals surface area contributed by atoms with Crippen LogP contribution in [-0.2, 0) is 19.1 Å². The average molecular weight is 602 g/mol. The van der Waals surface area contributed by atoms with E-state index < -0.39 is 27.9 Å². The topological polar surface area (TPSA) is 119 Å². The first-order chi connectivity index (χ1) is 20.2. The largest absolute Gasteiger partial charge is 0.448 e. The summed E-state index contributed by atoms with van der Waals surface area (Å²) >= 11 is 2.55. The number of amides is 1. The highest BCUT2D eigenvalue weighted by atomic mass is 32.2. The Morgan fingerprint density at radius 1 is 1.10 bits per heavy atom.